The van der Waals surface area contributed by atoms with Gasteiger partial charge in [-0.3, -0.25) is 0 Å². The van der Waals surface area contributed by atoms with Gasteiger partial charge in [-0.05, 0) is 0 Å². The molecule has 0 spiro atoms. The molecule has 0 N–H and O–H groups in total. The molecule has 0 bridgehead atoms. The predicted molar refractivity (Wildman–Crippen MR) is 30.3 cm³/mol. The molecule has 0 unspecified atom stereocenters. The van der Waals surface area contributed by atoms with Gasteiger partial charge in [0.1, 0.15) is 0 Å². The quantitative estimate of drug-likeness (QED) is 0.449. The van der Waals surface area contributed by atoms with Crippen molar-refractivity contribution in [2.24, 2.45) is 0 Å². The van der Waals surface area contributed by atoms with Gasteiger partial charge in [0.15, 0.2) is 0 Å². The summed E-state index contributed by atoms with van der Waals surface area (Å²) in [6.45, 7) is 0. The molecule has 0 aromatic heterocycles. The van der Waals surface area contributed by atoms with Crippen LogP contribution in [0.3, 0.4) is 0 Å². The Morgan fingerprint density at radius 2 is 1.00 bits per heavy atom. The maximum absolute atomic E-state index is 2.19. The fourth-order valence-electron chi connectivity index (χ4n) is 0. The molecule has 0 atom stereocenters. The van der Waals surface area contributed by atoms with E-state index in [1.165, 1.54) is 0 Å². The Morgan fingerprint density at radius 1 is 1.00 bits per heavy atom. The predicted octanol–water partition coefficient (Wildman–Crippen LogP) is 0.243. The average molecular weight is 164 g/mol. The number of hydrogen-bond acceptors (Lipinski definition) is 0. The Hall–Kier alpha value is 1.12. The summed E-state index contributed by atoms with van der Waals surface area (Å²) in [5.41, 5.74) is 0. The molecule has 0 saturated carbocycles. The molecule has 0 rings (SSSR count). The molecule has 30 valence electrons. The Labute approximate surface area is 47.4 Å². The van der Waals surface area contributed by atoms with E-state index in [4.69, 9.17) is 0 Å². The SMILES string of the molecule is Cl.Cl.[CH3][GeH3]. The zero-order valence-electron chi connectivity index (χ0n) is 2.82. The van der Waals surface area contributed by atoms with Gasteiger partial charge in [0.2, 0.25) is 0 Å². The number of halogens is 2. The summed E-state index contributed by atoms with van der Waals surface area (Å²) >= 11 is 1.06. The summed E-state index contributed by atoms with van der Waals surface area (Å²) < 4.78 is 0. The van der Waals surface area contributed by atoms with Gasteiger partial charge in [-0.2, -0.15) is 0 Å². The standard InChI is InChI=1S/CH6Ge.2ClH/c1-2;;/h1-2H3;2*1H. The van der Waals surface area contributed by atoms with Gasteiger partial charge in [-0.25, -0.2) is 0 Å². The third-order valence-corrected chi connectivity index (χ3v) is 0. The minimum absolute atomic E-state index is 0. The van der Waals surface area contributed by atoms with Crippen LogP contribution in [0.1, 0.15) is 0 Å². The van der Waals surface area contributed by atoms with Crippen LogP contribution in [0.25, 0.3) is 0 Å². The molecule has 0 saturated heterocycles. The molecule has 0 aromatic rings. The van der Waals surface area contributed by atoms with Crippen molar-refractivity contribution in [1.29, 1.82) is 0 Å². The third-order valence-electron chi connectivity index (χ3n) is 0. The van der Waals surface area contributed by atoms with Crippen LogP contribution in [0.4, 0.5) is 0 Å². The zero-order chi connectivity index (χ0) is 2.00. The van der Waals surface area contributed by atoms with Crippen LogP contribution >= 0.6 is 24.8 Å². The van der Waals surface area contributed by atoms with E-state index in [0.29, 0.717) is 0 Å². The van der Waals surface area contributed by atoms with Gasteiger partial charge >= 0.3 is 22.3 Å². The molecule has 3 heteroatoms. The summed E-state index contributed by atoms with van der Waals surface area (Å²) in [6.07, 6.45) is 0. The summed E-state index contributed by atoms with van der Waals surface area (Å²) in [4.78, 5) is 0. The van der Waals surface area contributed by atoms with Crippen LogP contribution in [-0.4, -0.2) is 16.5 Å². The van der Waals surface area contributed by atoms with E-state index in [9.17, 15) is 0 Å². The molecule has 0 aliphatic heterocycles. The monoisotopic (exact) mass is 164 g/mol. The van der Waals surface area contributed by atoms with Gasteiger partial charge in [-0.15, -0.1) is 24.8 Å². The second-order valence-corrected chi connectivity index (χ2v) is 0. The first-order chi connectivity index (χ1) is 1.00. The van der Waals surface area contributed by atoms with Crippen molar-refractivity contribution < 1.29 is 0 Å². The van der Waals surface area contributed by atoms with Gasteiger partial charge in [0.05, 0.1) is 0 Å². The number of rotatable bonds is 0. The molecule has 0 aliphatic rings. The first-order valence-electron chi connectivity index (χ1n) is 1.00. The zero-order valence-corrected chi connectivity index (χ0v) is 8.65. The summed E-state index contributed by atoms with van der Waals surface area (Å²) in [5.74, 6) is 2.19. The van der Waals surface area contributed by atoms with Crippen molar-refractivity contribution in [1.82, 2.24) is 0 Å². The van der Waals surface area contributed by atoms with Crippen LogP contribution in [0.15, 0.2) is 0 Å². The van der Waals surface area contributed by atoms with Crippen LogP contribution in [-0.2, 0) is 0 Å². The van der Waals surface area contributed by atoms with E-state index in [2.05, 4.69) is 5.76 Å². The van der Waals surface area contributed by atoms with E-state index in [0.717, 1.165) is 16.5 Å². The van der Waals surface area contributed by atoms with Gasteiger partial charge in [0, 0.05) is 0 Å². The van der Waals surface area contributed by atoms with E-state index < -0.39 is 0 Å². The third kappa shape index (κ3) is 11.2. The van der Waals surface area contributed by atoms with Crippen molar-refractivity contribution in [2.75, 3.05) is 0 Å². The van der Waals surface area contributed by atoms with Crippen LogP contribution in [0.2, 0.25) is 5.76 Å². The van der Waals surface area contributed by atoms with Gasteiger partial charge in [-0.1, -0.05) is 0 Å². The summed E-state index contributed by atoms with van der Waals surface area (Å²) in [7, 11) is 0. The molecule has 0 aliphatic carbocycles. The Bertz CT molecular complexity index is 6.00. The molecular weight excluding hydrogens is 156 g/mol. The normalized spacial score (nSPS) is 2.25. The fourth-order valence-corrected chi connectivity index (χ4v) is 0. The minimum atomic E-state index is 0. The average Bonchev–Trinajstić information content (AvgIpc) is 1.00. The molecule has 0 fully saturated rings. The van der Waals surface area contributed by atoms with Crippen molar-refractivity contribution in [2.45, 2.75) is 5.76 Å². The first kappa shape index (κ1) is 19.3. The molecule has 4 heavy (non-hydrogen) atoms. The van der Waals surface area contributed by atoms with E-state index >= 15 is 0 Å². The van der Waals surface area contributed by atoms with Crippen molar-refractivity contribution in [3.05, 3.63) is 0 Å². The van der Waals surface area contributed by atoms with Gasteiger partial charge < -0.3 is 0 Å². The topological polar surface area (TPSA) is 0 Å². The van der Waals surface area contributed by atoms with E-state index in [1.807, 2.05) is 0 Å². The second-order valence-electron chi connectivity index (χ2n) is 0. The van der Waals surface area contributed by atoms with Crippen molar-refractivity contribution in [3.63, 3.8) is 0 Å². The molecular formula is CH8Cl2Ge. The Balaban J connectivity index is -0.00000000500. The number of hydrogen-bond donors (Lipinski definition) is 0. The molecule has 0 radical (unpaired) electrons. The van der Waals surface area contributed by atoms with E-state index in [-0.39, 0.29) is 24.8 Å². The molecule has 0 amide bonds. The van der Waals surface area contributed by atoms with Crippen molar-refractivity contribution >= 4 is 41.3 Å². The molecule has 0 nitrogen and oxygen atoms in total. The van der Waals surface area contributed by atoms with Gasteiger partial charge in [0.25, 0.3) is 0 Å². The molecule has 0 heterocycles. The van der Waals surface area contributed by atoms with Crippen LogP contribution < -0.4 is 0 Å². The second kappa shape index (κ2) is 31.9. The fraction of sp³-hybridized carbons (Fsp3) is 1.00. The van der Waals surface area contributed by atoms with E-state index in [1.54, 1.807) is 0 Å². The Kier molecular flexibility index (Phi) is 154. The summed E-state index contributed by atoms with van der Waals surface area (Å²) in [6, 6.07) is 0. The first-order valence-corrected chi connectivity index (χ1v) is 5.20. The summed E-state index contributed by atoms with van der Waals surface area (Å²) in [5, 5.41) is 0. The van der Waals surface area contributed by atoms with Crippen LogP contribution in [0, 0.1) is 0 Å². The maximum atomic E-state index is 2.19. The van der Waals surface area contributed by atoms with Crippen LogP contribution in [0.5, 0.6) is 0 Å². The van der Waals surface area contributed by atoms with Crippen molar-refractivity contribution in [3.8, 4) is 0 Å². The Morgan fingerprint density at radius 3 is 1.00 bits per heavy atom. The molecule has 0 aromatic carbocycles.